The van der Waals surface area contributed by atoms with Crippen molar-refractivity contribution in [2.24, 2.45) is 0 Å². The lowest BCUT2D eigenvalue weighted by atomic mass is 10.2. The predicted octanol–water partition coefficient (Wildman–Crippen LogP) is 1.38. The van der Waals surface area contributed by atoms with Crippen LogP contribution in [0, 0.1) is 0 Å². The van der Waals surface area contributed by atoms with Gasteiger partial charge >= 0.3 is 0 Å². The number of amides is 2. The fraction of sp³-hybridized carbons (Fsp3) is 0.294. The molecule has 2 aliphatic rings. The van der Waals surface area contributed by atoms with E-state index in [4.69, 9.17) is 4.74 Å². The molecule has 2 aliphatic heterocycles. The predicted molar refractivity (Wildman–Crippen MR) is 97.3 cm³/mol. The highest BCUT2D eigenvalue weighted by molar-refractivity contribution is 7.92. The third-order valence-electron chi connectivity index (χ3n) is 4.46. The van der Waals surface area contributed by atoms with E-state index in [9.17, 15) is 18.0 Å². The number of aromatic amines is 1. The van der Waals surface area contributed by atoms with E-state index >= 15 is 0 Å². The van der Waals surface area contributed by atoms with Crippen LogP contribution in [0.4, 0.5) is 11.4 Å². The maximum atomic E-state index is 12.6. The maximum absolute atomic E-state index is 12.6. The number of anilines is 2. The number of carbonyl (C=O) groups excluding carboxylic acids is 2. The van der Waals surface area contributed by atoms with Gasteiger partial charge in [0.05, 0.1) is 11.4 Å². The van der Waals surface area contributed by atoms with Gasteiger partial charge in [0.15, 0.2) is 6.61 Å². The fourth-order valence-electron chi connectivity index (χ4n) is 3.10. The Labute approximate surface area is 155 Å². The summed E-state index contributed by atoms with van der Waals surface area (Å²) in [5.41, 5.74) is 0.905. The van der Waals surface area contributed by atoms with Gasteiger partial charge in [0, 0.05) is 19.3 Å². The highest BCUT2D eigenvalue weighted by Gasteiger charge is 2.24. The van der Waals surface area contributed by atoms with E-state index in [0.29, 0.717) is 24.5 Å². The number of fused-ring (bicyclic) bond motifs is 1. The maximum Gasteiger partial charge on any atom is 0.270 e. The highest BCUT2D eigenvalue weighted by Crippen LogP contribution is 2.31. The number of rotatable bonds is 4. The first-order valence-electron chi connectivity index (χ1n) is 8.49. The molecule has 0 aliphatic carbocycles. The molecule has 2 aromatic rings. The van der Waals surface area contributed by atoms with Gasteiger partial charge in [-0.15, -0.1) is 0 Å². The fourth-order valence-corrected chi connectivity index (χ4v) is 4.15. The number of hydrogen-bond acceptors (Lipinski definition) is 5. The molecule has 0 unspecified atom stereocenters. The van der Waals surface area contributed by atoms with Crippen LogP contribution in [-0.2, 0) is 14.8 Å². The number of hydrogen-bond donors (Lipinski definition) is 3. The van der Waals surface area contributed by atoms with Crippen LogP contribution in [-0.4, -0.2) is 49.8 Å². The molecule has 0 radical (unpaired) electrons. The Balaban J connectivity index is 1.53. The molecule has 3 heterocycles. The summed E-state index contributed by atoms with van der Waals surface area (Å²) in [5, 5.41) is 2.62. The van der Waals surface area contributed by atoms with Crippen LogP contribution in [0.5, 0.6) is 5.75 Å². The molecule has 2 amide bonds. The Morgan fingerprint density at radius 2 is 1.96 bits per heavy atom. The molecule has 27 heavy (non-hydrogen) atoms. The van der Waals surface area contributed by atoms with Gasteiger partial charge in [0.2, 0.25) is 0 Å². The third-order valence-corrected chi connectivity index (χ3v) is 5.82. The van der Waals surface area contributed by atoms with Crippen molar-refractivity contribution in [2.75, 3.05) is 29.7 Å². The summed E-state index contributed by atoms with van der Waals surface area (Å²) in [6, 6.07) is 5.92. The summed E-state index contributed by atoms with van der Waals surface area (Å²) in [6.45, 7) is 1.29. The minimum Gasteiger partial charge on any atom is -0.482 e. The van der Waals surface area contributed by atoms with E-state index in [1.165, 1.54) is 24.4 Å². The Morgan fingerprint density at radius 3 is 2.74 bits per heavy atom. The van der Waals surface area contributed by atoms with Gasteiger partial charge in [-0.3, -0.25) is 14.3 Å². The van der Waals surface area contributed by atoms with Crippen LogP contribution in [0.25, 0.3) is 0 Å². The van der Waals surface area contributed by atoms with Crippen molar-refractivity contribution in [3.63, 3.8) is 0 Å². The van der Waals surface area contributed by atoms with E-state index in [-0.39, 0.29) is 34.7 Å². The zero-order chi connectivity index (χ0) is 19.0. The lowest BCUT2D eigenvalue weighted by Gasteiger charge is -2.18. The summed E-state index contributed by atoms with van der Waals surface area (Å²) in [7, 11) is -3.90. The van der Waals surface area contributed by atoms with Crippen molar-refractivity contribution in [3.05, 3.63) is 36.2 Å². The van der Waals surface area contributed by atoms with Crippen LogP contribution < -0.4 is 14.8 Å². The van der Waals surface area contributed by atoms with Crippen LogP contribution in [0.2, 0.25) is 0 Å². The van der Waals surface area contributed by atoms with Crippen molar-refractivity contribution >= 4 is 33.2 Å². The number of ether oxygens (including phenoxy) is 1. The second kappa shape index (κ2) is 6.62. The van der Waals surface area contributed by atoms with Crippen molar-refractivity contribution in [1.82, 2.24) is 9.88 Å². The lowest BCUT2D eigenvalue weighted by molar-refractivity contribution is -0.118. The zero-order valence-corrected chi connectivity index (χ0v) is 15.1. The number of nitrogens with one attached hydrogen (secondary N) is 3. The minimum absolute atomic E-state index is 0.0388. The van der Waals surface area contributed by atoms with Gasteiger partial charge < -0.3 is 19.9 Å². The van der Waals surface area contributed by atoms with Gasteiger partial charge in [0.1, 0.15) is 16.3 Å². The number of H-pyrrole nitrogens is 1. The van der Waals surface area contributed by atoms with Crippen LogP contribution in [0.3, 0.4) is 0 Å². The Morgan fingerprint density at radius 1 is 1.19 bits per heavy atom. The number of likely N-dealkylation sites (tertiary alicyclic amines) is 1. The van der Waals surface area contributed by atoms with Gasteiger partial charge in [-0.05, 0) is 37.1 Å². The molecule has 0 spiro atoms. The molecule has 1 fully saturated rings. The molecule has 4 rings (SSSR count). The Bertz CT molecular complexity index is 1010. The topological polar surface area (TPSA) is 121 Å². The normalized spacial score (nSPS) is 16.4. The molecule has 0 saturated carbocycles. The first kappa shape index (κ1) is 17.4. The average Bonchev–Trinajstić information content (AvgIpc) is 3.33. The summed E-state index contributed by atoms with van der Waals surface area (Å²) in [5.74, 6) is -0.0431. The molecular formula is C17H18N4O5S. The first-order valence-corrected chi connectivity index (χ1v) is 9.98. The number of aromatic nitrogens is 1. The van der Waals surface area contributed by atoms with E-state index < -0.39 is 10.0 Å². The van der Waals surface area contributed by atoms with E-state index in [1.807, 2.05) is 0 Å². The summed E-state index contributed by atoms with van der Waals surface area (Å²) >= 11 is 0. The highest BCUT2D eigenvalue weighted by atomic mass is 32.2. The molecule has 3 N–H and O–H groups in total. The van der Waals surface area contributed by atoms with Gasteiger partial charge in [0.25, 0.3) is 21.8 Å². The molecule has 0 bridgehead atoms. The Kier molecular flexibility index (Phi) is 4.27. The van der Waals surface area contributed by atoms with Gasteiger partial charge in [-0.1, -0.05) is 0 Å². The number of carbonyl (C=O) groups is 2. The molecule has 142 valence electrons. The van der Waals surface area contributed by atoms with Crippen LogP contribution in [0.15, 0.2) is 35.4 Å². The van der Waals surface area contributed by atoms with Crippen molar-refractivity contribution in [2.45, 2.75) is 17.7 Å². The molecular weight excluding hydrogens is 372 g/mol. The monoisotopic (exact) mass is 390 g/mol. The summed E-state index contributed by atoms with van der Waals surface area (Å²) in [4.78, 5) is 28.2. The van der Waals surface area contributed by atoms with Crippen LogP contribution >= 0.6 is 0 Å². The van der Waals surface area contributed by atoms with E-state index in [2.05, 4.69) is 15.0 Å². The lowest BCUT2D eigenvalue weighted by Crippen LogP contribution is -2.27. The van der Waals surface area contributed by atoms with E-state index in [1.54, 1.807) is 11.0 Å². The molecule has 1 aromatic carbocycles. The second-order valence-corrected chi connectivity index (χ2v) is 8.08. The van der Waals surface area contributed by atoms with Crippen molar-refractivity contribution in [3.8, 4) is 5.75 Å². The third kappa shape index (κ3) is 3.47. The van der Waals surface area contributed by atoms with Crippen LogP contribution in [0.1, 0.15) is 23.3 Å². The number of benzene rings is 1. The number of nitrogens with zero attached hydrogens (tertiary/aromatic N) is 1. The van der Waals surface area contributed by atoms with E-state index in [0.717, 1.165) is 12.8 Å². The van der Waals surface area contributed by atoms with Crippen molar-refractivity contribution < 1.29 is 22.7 Å². The SMILES string of the molecule is O=C1COc2ccc(NS(=O)(=O)c3c[nH]c(C(=O)N4CCCC4)c3)cc2N1. The molecule has 1 aromatic heterocycles. The minimum atomic E-state index is -3.90. The molecule has 1 saturated heterocycles. The smallest absolute Gasteiger partial charge is 0.270 e. The average molecular weight is 390 g/mol. The first-order chi connectivity index (χ1) is 12.9. The molecule has 9 nitrogen and oxygen atoms in total. The standard InChI is InChI=1S/C17H18N4O5S/c22-16-10-26-15-4-3-11(7-13(15)19-16)20-27(24,25)12-8-14(18-9-12)17(23)21-5-1-2-6-21/h3-4,7-9,18,20H,1-2,5-6,10H2,(H,19,22). The zero-order valence-electron chi connectivity index (χ0n) is 14.3. The number of sulfonamides is 1. The summed E-state index contributed by atoms with van der Waals surface area (Å²) < 4.78 is 32.9. The largest absolute Gasteiger partial charge is 0.482 e. The Hall–Kier alpha value is -3.01. The molecule has 10 heteroatoms. The van der Waals surface area contributed by atoms with Gasteiger partial charge in [-0.25, -0.2) is 8.42 Å². The van der Waals surface area contributed by atoms with Gasteiger partial charge in [-0.2, -0.15) is 0 Å². The summed E-state index contributed by atoms with van der Waals surface area (Å²) in [6.07, 6.45) is 3.20. The second-order valence-electron chi connectivity index (χ2n) is 6.40. The quantitative estimate of drug-likeness (QED) is 0.728. The molecule has 0 atom stereocenters. The van der Waals surface area contributed by atoms with Crippen molar-refractivity contribution in [1.29, 1.82) is 0 Å².